The molecule has 0 radical (unpaired) electrons. The minimum Gasteiger partial charge on any atom is -0.381 e. The molecule has 176 valence electrons. The van der Waals surface area contributed by atoms with Crippen LogP contribution in [0.2, 0.25) is 0 Å². The lowest BCUT2D eigenvalue weighted by molar-refractivity contribution is -0.0395. The number of ether oxygens (including phenoxy) is 1. The van der Waals surface area contributed by atoms with Crippen LogP contribution >= 0.6 is 0 Å². The Morgan fingerprint density at radius 3 is 2.58 bits per heavy atom. The van der Waals surface area contributed by atoms with Gasteiger partial charge in [0.2, 0.25) is 10.0 Å². The first-order valence-corrected chi connectivity index (χ1v) is 12.1. The van der Waals surface area contributed by atoms with Gasteiger partial charge in [-0.25, -0.2) is 22.3 Å². The molecule has 33 heavy (non-hydrogen) atoms. The van der Waals surface area contributed by atoms with Gasteiger partial charge in [0, 0.05) is 31.3 Å². The highest BCUT2D eigenvalue weighted by atomic mass is 32.2. The first-order valence-electron chi connectivity index (χ1n) is 10.6. The molecule has 1 N–H and O–H groups in total. The predicted octanol–water partition coefficient (Wildman–Crippen LogP) is 0.372. The zero-order valence-corrected chi connectivity index (χ0v) is 18.8. The van der Waals surface area contributed by atoms with Crippen LogP contribution < -0.4 is 16.0 Å². The molecule has 0 bridgehead atoms. The van der Waals surface area contributed by atoms with E-state index < -0.39 is 33.5 Å². The van der Waals surface area contributed by atoms with Gasteiger partial charge >= 0.3 is 5.69 Å². The molecule has 1 saturated carbocycles. The molecule has 10 nitrogen and oxygen atoms in total. The maximum absolute atomic E-state index is 13.3. The Kier molecular flexibility index (Phi) is 5.26. The van der Waals surface area contributed by atoms with Crippen molar-refractivity contribution in [3.63, 3.8) is 0 Å². The van der Waals surface area contributed by atoms with Crippen LogP contribution in [0.15, 0.2) is 45.1 Å². The molecule has 0 atom stereocenters. The number of sulfonamides is 1. The van der Waals surface area contributed by atoms with Crippen molar-refractivity contribution in [2.45, 2.75) is 36.4 Å². The Balaban J connectivity index is 1.64. The molecule has 2 aromatic heterocycles. The van der Waals surface area contributed by atoms with E-state index in [4.69, 9.17) is 4.74 Å². The minimum absolute atomic E-state index is 0.00278. The second kappa shape index (κ2) is 7.89. The molecule has 2 aliphatic rings. The van der Waals surface area contributed by atoms with Crippen LogP contribution in [0.3, 0.4) is 0 Å². The average Bonchev–Trinajstić information content (AvgIpc) is 3.40. The number of aromatic nitrogens is 4. The van der Waals surface area contributed by atoms with Crippen LogP contribution in [0, 0.1) is 5.92 Å². The molecule has 3 aromatic rings. The van der Waals surface area contributed by atoms with Crippen molar-refractivity contribution >= 4 is 20.9 Å². The molecule has 0 amide bonds. The van der Waals surface area contributed by atoms with E-state index in [2.05, 4.69) is 9.82 Å². The standard InChI is InChI=1S/C21H24FN5O5S/c1-25-8-14(7-23-25)9-27-19(28)17-6-16(33(30,31)24-21(13-22)4-5-21)2-3-18(17)26(20(27)29)10-15-11-32-12-15/h2-3,6-8,15,24H,4-5,9-13H2,1H3. The third-order valence-electron chi connectivity index (χ3n) is 6.21. The fourth-order valence-corrected chi connectivity index (χ4v) is 5.49. The van der Waals surface area contributed by atoms with Gasteiger partial charge in [0.15, 0.2) is 0 Å². The van der Waals surface area contributed by atoms with Crippen molar-refractivity contribution < 1.29 is 17.5 Å². The van der Waals surface area contributed by atoms with Crippen molar-refractivity contribution in [1.29, 1.82) is 0 Å². The molecule has 0 spiro atoms. The summed E-state index contributed by atoms with van der Waals surface area (Å²) < 4.78 is 50.8. The van der Waals surface area contributed by atoms with Crippen LogP contribution in [0.5, 0.6) is 0 Å². The first-order chi connectivity index (χ1) is 15.7. The Bertz CT molecular complexity index is 1450. The summed E-state index contributed by atoms with van der Waals surface area (Å²) in [6.45, 7) is 0.580. The van der Waals surface area contributed by atoms with Gasteiger partial charge in [-0.2, -0.15) is 5.10 Å². The molecule has 1 saturated heterocycles. The van der Waals surface area contributed by atoms with Crippen molar-refractivity contribution in [2.75, 3.05) is 19.9 Å². The van der Waals surface area contributed by atoms with Crippen molar-refractivity contribution in [3.05, 3.63) is 57.0 Å². The second-order valence-electron chi connectivity index (χ2n) is 8.91. The van der Waals surface area contributed by atoms with E-state index in [0.29, 0.717) is 43.7 Å². The largest absolute Gasteiger partial charge is 0.381 e. The summed E-state index contributed by atoms with van der Waals surface area (Å²) in [5, 5.41) is 4.18. The summed E-state index contributed by atoms with van der Waals surface area (Å²) in [4.78, 5) is 26.5. The maximum atomic E-state index is 13.3. The van der Waals surface area contributed by atoms with Gasteiger partial charge < -0.3 is 4.74 Å². The Labute approximate surface area is 188 Å². The number of benzene rings is 1. The highest BCUT2D eigenvalue weighted by Crippen LogP contribution is 2.37. The van der Waals surface area contributed by atoms with Gasteiger partial charge in [0.05, 0.1) is 47.3 Å². The molecule has 1 aromatic carbocycles. The van der Waals surface area contributed by atoms with Crippen molar-refractivity contribution in [1.82, 2.24) is 23.6 Å². The van der Waals surface area contributed by atoms with Gasteiger partial charge in [0.1, 0.15) is 6.67 Å². The monoisotopic (exact) mass is 477 g/mol. The van der Waals surface area contributed by atoms with E-state index in [1.807, 2.05) is 0 Å². The number of rotatable bonds is 8. The summed E-state index contributed by atoms with van der Waals surface area (Å²) in [6.07, 6.45) is 4.13. The van der Waals surface area contributed by atoms with Gasteiger partial charge in [0.25, 0.3) is 5.56 Å². The number of nitrogens with zero attached hydrogens (tertiary/aromatic N) is 4. The lowest BCUT2D eigenvalue weighted by atomic mass is 10.1. The van der Waals surface area contributed by atoms with Crippen LogP contribution in [-0.2, 0) is 34.9 Å². The number of halogens is 1. The predicted molar refractivity (Wildman–Crippen MR) is 117 cm³/mol. The molecule has 2 fully saturated rings. The fraction of sp³-hybridized carbons (Fsp3) is 0.476. The molecule has 12 heteroatoms. The van der Waals surface area contributed by atoms with Crippen molar-refractivity contribution in [3.8, 4) is 0 Å². The highest BCUT2D eigenvalue weighted by molar-refractivity contribution is 7.89. The van der Waals surface area contributed by atoms with E-state index in [1.165, 1.54) is 22.8 Å². The third-order valence-corrected chi connectivity index (χ3v) is 7.79. The molecule has 1 aliphatic heterocycles. The zero-order valence-electron chi connectivity index (χ0n) is 18.0. The molecule has 0 unspecified atom stereocenters. The average molecular weight is 478 g/mol. The molecular weight excluding hydrogens is 453 g/mol. The summed E-state index contributed by atoms with van der Waals surface area (Å²) in [5.74, 6) is 0.125. The van der Waals surface area contributed by atoms with Gasteiger partial charge in [-0.15, -0.1) is 0 Å². The Morgan fingerprint density at radius 1 is 1.24 bits per heavy atom. The van der Waals surface area contributed by atoms with Crippen LogP contribution in [0.1, 0.15) is 18.4 Å². The number of hydrogen-bond donors (Lipinski definition) is 1. The number of nitrogens with one attached hydrogen (secondary N) is 1. The van der Waals surface area contributed by atoms with E-state index in [1.54, 1.807) is 24.1 Å². The van der Waals surface area contributed by atoms with Crippen LogP contribution in [0.4, 0.5) is 4.39 Å². The summed E-state index contributed by atoms with van der Waals surface area (Å²) >= 11 is 0. The summed E-state index contributed by atoms with van der Waals surface area (Å²) in [7, 11) is -2.31. The topological polar surface area (TPSA) is 117 Å². The quantitative estimate of drug-likeness (QED) is 0.501. The molecular formula is C21H24FN5O5S. The van der Waals surface area contributed by atoms with E-state index in [0.717, 1.165) is 4.57 Å². The SMILES string of the molecule is Cn1cc(Cn2c(=O)c3cc(S(=O)(=O)NC4(CF)CC4)ccc3n(CC3COC3)c2=O)cn1. The Morgan fingerprint density at radius 2 is 2.00 bits per heavy atom. The van der Waals surface area contributed by atoms with Crippen molar-refractivity contribution in [2.24, 2.45) is 13.0 Å². The zero-order chi connectivity index (χ0) is 23.4. The third kappa shape index (κ3) is 4.02. The van der Waals surface area contributed by atoms with Gasteiger partial charge in [-0.05, 0) is 31.0 Å². The molecule has 1 aliphatic carbocycles. The number of hydrogen-bond acceptors (Lipinski definition) is 6. The first kappa shape index (κ1) is 22.0. The van der Waals surface area contributed by atoms with E-state index in [-0.39, 0.29) is 22.7 Å². The number of alkyl halides is 1. The molecule has 5 rings (SSSR count). The second-order valence-corrected chi connectivity index (χ2v) is 10.6. The van der Waals surface area contributed by atoms with Crippen LogP contribution in [-0.4, -0.2) is 52.8 Å². The lowest BCUT2D eigenvalue weighted by Gasteiger charge is -2.27. The van der Waals surface area contributed by atoms with Gasteiger partial charge in [-0.3, -0.25) is 18.6 Å². The normalized spacial score (nSPS) is 17.9. The smallest absolute Gasteiger partial charge is 0.331 e. The number of aryl methyl sites for hydroxylation is 1. The van der Waals surface area contributed by atoms with Gasteiger partial charge in [-0.1, -0.05) is 0 Å². The number of fused-ring (bicyclic) bond motifs is 1. The van der Waals surface area contributed by atoms with E-state index in [9.17, 15) is 22.4 Å². The Hall–Kier alpha value is -2.83. The molecule has 3 heterocycles. The minimum atomic E-state index is -4.04. The fourth-order valence-electron chi connectivity index (χ4n) is 4.03. The summed E-state index contributed by atoms with van der Waals surface area (Å²) in [5.41, 5.74) is -1.12. The summed E-state index contributed by atoms with van der Waals surface area (Å²) in [6, 6.07) is 4.08. The maximum Gasteiger partial charge on any atom is 0.331 e. The van der Waals surface area contributed by atoms with E-state index >= 15 is 0 Å². The van der Waals surface area contributed by atoms with Crippen LogP contribution in [0.25, 0.3) is 10.9 Å². The highest BCUT2D eigenvalue weighted by Gasteiger charge is 2.46. The lowest BCUT2D eigenvalue weighted by Crippen LogP contribution is -2.43.